The zero-order valence-corrected chi connectivity index (χ0v) is 11.6. The number of hydrogen-bond acceptors (Lipinski definition) is 6. The zero-order chi connectivity index (χ0) is 14.5. The second-order valence-electron chi connectivity index (χ2n) is 3.85. The van der Waals surface area contributed by atoms with Gasteiger partial charge in [0.05, 0.1) is 26.1 Å². The van der Waals surface area contributed by atoms with Gasteiger partial charge >= 0.3 is 0 Å². The Morgan fingerprint density at radius 3 is 2.65 bits per heavy atom. The predicted octanol–water partition coefficient (Wildman–Crippen LogP) is 1.40. The highest BCUT2D eigenvalue weighted by atomic mass is 32.1. The third-order valence-electron chi connectivity index (χ3n) is 2.51. The molecule has 2 rings (SSSR count). The number of nitrogens with zero attached hydrogens (tertiary/aromatic N) is 2. The molecule has 0 radical (unpaired) electrons. The lowest BCUT2D eigenvalue weighted by molar-refractivity contribution is 0.280. The summed E-state index contributed by atoms with van der Waals surface area (Å²) in [4.78, 5) is 8.26. The van der Waals surface area contributed by atoms with Crippen molar-refractivity contribution in [3.63, 3.8) is 0 Å². The van der Waals surface area contributed by atoms with Gasteiger partial charge in [0, 0.05) is 0 Å². The van der Waals surface area contributed by atoms with Crippen molar-refractivity contribution in [1.29, 1.82) is 0 Å². The Morgan fingerprint density at radius 2 is 2.10 bits per heavy atom. The van der Waals surface area contributed by atoms with Gasteiger partial charge in [-0.15, -0.1) is 0 Å². The molecule has 0 aliphatic carbocycles. The number of aliphatic hydroxyl groups is 1. The lowest BCUT2D eigenvalue weighted by atomic mass is 10.2. The van der Waals surface area contributed by atoms with Gasteiger partial charge in [0.15, 0.2) is 11.5 Å². The van der Waals surface area contributed by atoms with E-state index in [0.29, 0.717) is 23.1 Å². The quantitative estimate of drug-likeness (QED) is 0.805. The van der Waals surface area contributed by atoms with Gasteiger partial charge in [-0.1, -0.05) is 18.3 Å². The van der Waals surface area contributed by atoms with E-state index in [1.54, 1.807) is 18.2 Å². The van der Waals surface area contributed by atoms with Crippen molar-refractivity contribution in [2.24, 2.45) is 5.73 Å². The molecule has 1 aromatic carbocycles. The first-order valence-corrected chi connectivity index (χ1v) is 6.12. The van der Waals surface area contributed by atoms with Crippen molar-refractivity contribution in [2.75, 3.05) is 7.11 Å². The molecule has 0 spiro atoms. The molecule has 0 amide bonds. The summed E-state index contributed by atoms with van der Waals surface area (Å²) in [6.45, 7) is -0.0703. The first-order valence-electron chi connectivity index (χ1n) is 5.71. The van der Waals surface area contributed by atoms with Crippen LogP contribution >= 0.6 is 12.2 Å². The fourth-order valence-electron chi connectivity index (χ4n) is 1.50. The summed E-state index contributed by atoms with van der Waals surface area (Å²) in [7, 11) is 1.52. The maximum atomic E-state index is 9.08. The molecule has 0 bridgehead atoms. The number of rotatable bonds is 5. The van der Waals surface area contributed by atoms with E-state index in [1.807, 2.05) is 0 Å². The molecule has 1 aromatic heterocycles. The summed E-state index contributed by atoms with van der Waals surface area (Å²) in [6, 6.07) is 5.11. The van der Waals surface area contributed by atoms with Crippen LogP contribution in [0.2, 0.25) is 0 Å². The van der Waals surface area contributed by atoms with Crippen LogP contribution in [0.3, 0.4) is 0 Å². The third kappa shape index (κ3) is 3.19. The Hall–Kier alpha value is -2.25. The SMILES string of the molecule is COc1cc(CO)ccc1Oc1cnc(C(N)=S)cn1. The number of thiocarbonyl (C=S) groups is 1. The monoisotopic (exact) mass is 291 g/mol. The molecular weight excluding hydrogens is 278 g/mol. The van der Waals surface area contributed by atoms with Crippen molar-refractivity contribution >= 4 is 17.2 Å². The lowest BCUT2D eigenvalue weighted by Crippen LogP contribution is -2.11. The summed E-state index contributed by atoms with van der Waals surface area (Å²) >= 11 is 4.79. The molecule has 0 aliphatic rings. The van der Waals surface area contributed by atoms with Crippen LogP contribution in [0.25, 0.3) is 0 Å². The molecule has 20 heavy (non-hydrogen) atoms. The molecule has 0 saturated carbocycles. The van der Waals surface area contributed by atoms with Gasteiger partial charge in [-0.25, -0.2) is 9.97 Å². The molecule has 0 atom stereocenters. The van der Waals surface area contributed by atoms with E-state index < -0.39 is 0 Å². The topological polar surface area (TPSA) is 90.5 Å². The predicted molar refractivity (Wildman–Crippen MR) is 76.9 cm³/mol. The molecule has 7 heteroatoms. The fraction of sp³-hybridized carbons (Fsp3) is 0.154. The number of methoxy groups -OCH3 is 1. The Kier molecular flexibility index (Phi) is 4.44. The Bertz CT molecular complexity index is 617. The summed E-state index contributed by atoms with van der Waals surface area (Å²) < 4.78 is 10.8. The van der Waals surface area contributed by atoms with Gasteiger partial charge in [0.25, 0.3) is 0 Å². The van der Waals surface area contributed by atoms with Gasteiger partial charge in [0.1, 0.15) is 10.7 Å². The van der Waals surface area contributed by atoms with Crippen molar-refractivity contribution in [3.05, 3.63) is 41.9 Å². The normalized spacial score (nSPS) is 10.1. The van der Waals surface area contributed by atoms with Gasteiger partial charge < -0.3 is 20.3 Å². The number of hydrogen-bond donors (Lipinski definition) is 2. The van der Waals surface area contributed by atoms with Crippen molar-refractivity contribution in [1.82, 2.24) is 9.97 Å². The molecule has 1 heterocycles. The Labute approximate surface area is 121 Å². The first kappa shape index (κ1) is 14.2. The smallest absolute Gasteiger partial charge is 0.238 e. The first-order chi connectivity index (χ1) is 9.63. The minimum atomic E-state index is -0.0703. The summed E-state index contributed by atoms with van der Waals surface area (Å²) in [5.74, 6) is 1.26. The minimum Gasteiger partial charge on any atom is -0.493 e. The van der Waals surface area contributed by atoms with E-state index in [-0.39, 0.29) is 11.6 Å². The van der Waals surface area contributed by atoms with Crippen LogP contribution in [0.4, 0.5) is 0 Å². The highest BCUT2D eigenvalue weighted by Gasteiger charge is 2.08. The molecule has 0 fully saturated rings. The molecule has 0 aliphatic heterocycles. The molecule has 0 saturated heterocycles. The Morgan fingerprint density at radius 1 is 1.30 bits per heavy atom. The van der Waals surface area contributed by atoms with Crippen LogP contribution in [0.5, 0.6) is 17.4 Å². The van der Waals surface area contributed by atoms with Crippen molar-refractivity contribution in [2.45, 2.75) is 6.61 Å². The van der Waals surface area contributed by atoms with Gasteiger partial charge in [-0.05, 0) is 17.7 Å². The van der Waals surface area contributed by atoms with Crippen molar-refractivity contribution in [3.8, 4) is 17.4 Å². The van der Waals surface area contributed by atoms with Crippen LogP contribution in [-0.4, -0.2) is 27.2 Å². The van der Waals surface area contributed by atoms with Gasteiger partial charge in [-0.2, -0.15) is 0 Å². The number of benzene rings is 1. The second kappa shape index (κ2) is 6.27. The minimum absolute atomic E-state index is 0.0703. The van der Waals surface area contributed by atoms with Crippen LogP contribution in [-0.2, 0) is 6.61 Å². The van der Waals surface area contributed by atoms with E-state index in [2.05, 4.69) is 9.97 Å². The van der Waals surface area contributed by atoms with Crippen LogP contribution < -0.4 is 15.2 Å². The standard InChI is InChI=1S/C13H13N3O3S/c1-18-11-4-8(7-17)2-3-10(11)19-12-6-15-9(5-16-12)13(14)20/h2-6,17H,7H2,1H3,(H2,14,20). The van der Waals surface area contributed by atoms with Gasteiger partial charge in [0.2, 0.25) is 5.88 Å². The number of aromatic nitrogens is 2. The van der Waals surface area contributed by atoms with E-state index in [1.165, 1.54) is 19.5 Å². The second-order valence-corrected chi connectivity index (χ2v) is 4.29. The molecular formula is C13H13N3O3S. The van der Waals surface area contributed by atoms with Crippen LogP contribution in [0.15, 0.2) is 30.6 Å². The maximum absolute atomic E-state index is 9.08. The maximum Gasteiger partial charge on any atom is 0.238 e. The molecule has 6 nitrogen and oxygen atoms in total. The number of aliphatic hydroxyl groups excluding tert-OH is 1. The molecule has 0 unspecified atom stereocenters. The summed E-state index contributed by atoms with van der Waals surface area (Å²) in [5.41, 5.74) is 6.59. The molecule has 2 aromatic rings. The lowest BCUT2D eigenvalue weighted by Gasteiger charge is -2.10. The Balaban J connectivity index is 2.23. The third-order valence-corrected chi connectivity index (χ3v) is 2.71. The number of nitrogens with two attached hydrogens (primary N) is 1. The van der Waals surface area contributed by atoms with Crippen LogP contribution in [0, 0.1) is 0 Å². The van der Waals surface area contributed by atoms with E-state index >= 15 is 0 Å². The van der Waals surface area contributed by atoms with Gasteiger partial charge in [-0.3, -0.25) is 0 Å². The molecule has 3 N–H and O–H groups in total. The van der Waals surface area contributed by atoms with Crippen LogP contribution in [0.1, 0.15) is 11.3 Å². The van der Waals surface area contributed by atoms with E-state index in [9.17, 15) is 0 Å². The van der Waals surface area contributed by atoms with E-state index in [4.69, 9.17) is 32.5 Å². The summed E-state index contributed by atoms with van der Waals surface area (Å²) in [6.07, 6.45) is 2.86. The number of ether oxygens (including phenoxy) is 2. The average molecular weight is 291 g/mol. The molecule has 104 valence electrons. The highest BCUT2D eigenvalue weighted by molar-refractivity contribution is 7.80. The van der Waals surface area contributed by atoms with E-state index in [0.717, 1.165) is 5.56 Å². The van der Waals surface area contributed by atoms with Crippen molar-refractivity contribution < 1.29 is 14.6 Å². The average Bonchev–Trinajstić information content (AvgIpc) is 2.48. The highest BCUT2D eigenvalue weighted by Crippen LogP contribution is 2.31. The largest absolute Gasteiger partial charge is 0.493 e. The zero-order valence-electron chi connectivity index (χ0n) is 10.7. The summed E-state index contributed by atoms with van der Waals surface area (Å²) in [5, 5.41) is 9.08. The fourth-order valence-corrected chi connectivity index (χ4v) is 1.61.